The molecule has 0 aliphatic heterocycles. The van der Waals surface area contributed by atoms with Gasteiger partial charge in [0.2, 0.25) is 0 Å². The van der Waals surface area contributed by atoms with Crippen LogP contribution in [0.15, 0.2) is 18.2 Å². The minimum atomic E-state index is -0.573. The topological polar surface area (TPSA) is 91.4 Å². The zero-order valence-corrected chi connectivity index (χ0v) is 20.1. The second kappa shape index (κ2) is 10.5. The standard InChI is InChI=1S/C22H38N4O3S/c1-22(2,3)29-21(27)24-12-8-10-17-9-7-11-18-20(17)25-19(15-23)26(18)16-28-13-14-30(4,5)6/h7,9,11H,8,10,12-16,23H2,1-6H3,(H,24,27). The van der Waals surface area contributed by atoms with Crippen molar-refractivity contribution in [1.82, 2.24) is 14.9 Å². The Bertz CT molecular complexity index is 837. The van der Waals surface area contributed by atoms with E-state index in [-0.39, 0.29) is 6.09 Å². The van der Waals surface area contributed by atoms with Crippen molar-refractivity contribution < 1.29 is 14.3 Å². The Morgan fingerprint density at radius 2 is 2.00 bits per heavy atom. The second-order valence-electron chi connectivity index (χ2n) is 9.31. The molecule has 0 radical (unpaired) electrons. The van der Waals surface area contributed by atoms with Crippen molar-refractivity contribution in [3.63, 3.8) is 0 Å². The van der Waals surface area contributed by atoms with Crippen molar-refractivity contribution in [1.29, 1.82) is 0 Å². The molecule has 1 amide bonds. The average Bonchev–Trinajstić information content (AvgIpc) is 2.98. The summed E-state index contributed by atoms with van der Waals surface area (Å²) < 4.78 is 13.3. The summed E-state index contributed by atoms with van der Waals surface area (Å²) in [4.78, 5) is 16.6. The predicted octanol–water partition coefficient (Wildman–Crippen LogP) is 3.62. The lowest BCUT2D eigenvalue weighted by atomic mass is 10.1. The van der Waals surface area contributed by atoms with Crippen LogP contribution in [0, 0.1) is 0 Å². The summed E-state index contributed by atoms with van der Waals surface area (Å²) in [5.41, 5.74) is 8.60. The monoisotopic (exact) mass is 438 g/mol. The highest BCUT2D eigenvalue weighted by molar-refractivity contribution is 8.32. The molecule has 0 fully saturated rings. The number of para-hydroxylation sites is 1. The van der Waals surface area contributed by atoms with E-state index in [0.29, 0.717) is 19.8 Å². The SMILES string of the molecule is CC(C)(C)OC(=O)NCCCc1cccc2c1nc(CN)n2COCCS(C)(C)C. The van der Waals surface area contributed by atoms with Crippen LogP contribution in [0.3, 0.4) is 0 Å². The molecule has 1 aromatic heterocycles. The van der Waals surface area contributed by atoms with Crippen LogP contribution in [-0.2, 0) is 29.2 Å². The number of fused-ring (bicyclic) bond motifs is 1. The maximum atomic E-state index is 11.8. The molecule has 7 nitrogen and oxygen atoms in total. The van der Waals surface area contributed by atoms with Gasteiger partial charge < -0.3 is 25.1 Å². The van der Waals surface area contributed by atoms with E-state index in [9.17, 15) is 4.79 Å². The fraction of sp³-hybridized carbons (Fsp3) is 0.636. The minimum absolute atomic E-state index is 0.363. The maximum absolute atomic E-state index is 11.8. The lowest BCUT2D eigenvalue weighted by Gasteiger charge is -2.24. The largest absolute Gasteiger partial charge is 0.444 e. The molecule has 2 aromatic rings. The van der Waals surface area contributed by atoms with Gasteiger partial charge in [0, 0.05) is 12.3 Å². The first kappa shape index (κ1) is 24.5. The average molecular weight is 439 g/mol. The summed E-state index contributed by atoms with van der Waals surface area (Å²) in [7, 11) is -0.573. The number of imidazole rings is 1. The van der Waals surface area contributed by atoms with Gasteiger partial charge in [-0.15, -0.1) is 0 Å². The molecule has 1 heterocycles. The Hall–Kier alpha value is -1.77. The molecular weight excluding hydrogens is 400 g/mol. The van der Waals surface area contributed by atoms with E-state index in [1.807, 2.05) is 26.8 Å². The molecule has 0 aliphatic rings. The number of nitrogens with one attached hydrogen (secondary N) is 1. The highest BCUT2D eigenvalue weighted by atomic mass is 32.3. The molecule has 3 N–H and O–H groups in total. The smallest absolute Gasteiger partial charge is 0.407 e. The number of alkyl carbamates (subject to hydrolysis) is 1. The number of benzene rings is 1. The first-order valence-electron chi connectivity index (χ1n) is 10.4. The van der Waals surface area contributed by atoms with Crippen LogP contribution in [-0.4, -0.2) is 58.9 Å². The normalized spacial score (nSPS) is 12.9. The van der Waals surface area contributed by atoms with Crippen LogP contribution in [0.5, 0.6) is 0 Å². The number of hydrogen-bond donors (Lipinski definition) is 2. The highest BCUT2D eigenvalue weighted by Gasteiger charge is 2.16. The lowest BCUT2D eigenvalue weighted by Crippen LogP contribution is -2.33. The number of rotatable bonds is 10. The van der Waals surface area contributed by atoms with Crippen LogP contribution in [0.25, 0.3) is 11.0 Å². The van der Waals surface area contributed by atoms with Crippen molar-refractivity contribution in [2.75, 3.05) is 37.7 Å². The lowest BCUT2D eigenvalue weighted by molar-refractivity contribution is 0.0527. The predicted molar refractivity (Wildman–Crippen MR) is 126 cm³/mol. The number of ether oxygens (including phenoxy) is 2. The second-order valence-corrected chi connectivity index (χ2v) is 13.9. The van der Waals surface area contributed by atoms with Crippen molar-refractivity contribution in [2.24, 2.45) is 5.73 Å². The molecule has 0 aliphatic carbocycles. The molecule has 0 bridgehead atoms. The van der Waals surface area contributed by atoms with Crippen LogP contribution < -0.4 is 11.1 Å². The molecule has 0 unspecified atom stereocenters. The summed E-state index contributed by atoms with van der Waals surface area (Å²) in [5, 5.41) is 2.81. The van der Waals surface area contributed by atoms with Crippen molar-refractivity contribution >= 4 is 27.2 Å². The van der Waals surface area contributed by atoms with E-state index in [4.69, 9.17) is 20.2 Å². The molecule has 0 atom stereocenters. The Morgan fingerprint density at radius 1 is 1.27 bits per heavy atom. The summed E-state index contributed by atoms with van der Waals surface area (Å²) >= 11 is 0. The zero-order chi connectivity index (χ0) is 22.4. The Morgan fingerprint density at radius 3 is 2.63 bits per heavy atom. The summed E-state index contributed by atoms with van der Waals surface area (Å²) in [5.74, 6) is 1.90. The van der Waals surface area contributed by atoms with Crippen molar-refractivity contribution in [3.8, 4) is 0 Å². The molecule has 0 spiro atoms. The van der Waals surface area contributed by atoms with Gasteiger partial charge in [-0.1, -0.05) is 12.1 Å². The summed E-state index contributed by atoms with van der Waals surface area (Å²) in [6.45, 7) is 7.67. The molecule has 30 heavy (non-hydrogen) atoms. The van der Waals surface area contributed by atoms with Gasteiger partial charge in [0.1, 0.15) is 18.2 Å². The maximum Gasteiger partial charge on any atom is 0.407 e. The van der Waals surface area contributed by atoms with Crippen molar-refractivity contribution in [3.05, 3.63) is 29.6 Å². The van der Waals surface area contributed by atoms with E-state index in [1.165, 1.54) is 0 Å². The van der Waals surface area contributed by atoms with E-state index in [0.717, 1.165) is 47.6 Å². The molecule has 0 saturated heterocycles. The number of aromatic nitrogens is 2. The van der Waals surface area contributed by atoms with E-state index in [1.54, 1.807) is 0 Å². The number of nitrogens with zero attached hydrogens (tertiary/aromatic N) is 2. The third kappa shape index (κ3) is 7.81. The number of amides is 1. The quantitative estimate of drug-likeness (QED) is 0.553. The van der Waals surface area contributed by atoms with Crippen LogP contribution in [0.2, 0.25) is 0 Å². The molecule has 8 heteroatoms. The van der Waals surface area contributed by atoms with Crippen LogP contribution >= 0.6 is 10.0 Å². The minimum Gasteiger partial charge on any atom is -0.444 e. The van der Waals surface area contributed by atoms with Gasteiger partial charge in [0.25, 0.3) is 0 Å². The Balaban J connectivity index is 1.99. The summed E-state index contributed by atoms with van der Waals surface area (Å²) in [6.07, 6.45) is 8.09. The van der Waals surface area contributed by atoms with E-state index in [2.05, 4.69) is 40.8 Å². The van der Waals surface area contributed by atoms with E-state index >= 15 is 0 Å². The highest BCUT2D eigenvalue weighted by Crippen LogP contribution is 2.33. The van der Waals surface area contributed by atoms with Gasteiger partial charge in [-0.25, -0.2) is 19.8 Å². The number of carbonyl (C=O) groups is 1. The fourth-order valence-corrected chi connectivity index (χ4v) is 3.62. The number of aryl methyl sites for hydroxylation is 1. The van der Waals surface area contributed by atoms with Gasteiger partial charge in [0.15, 0.2) is 0 Å². The first-order valence-corrected chi connectivity index (χ1v) is 13.4. The molecule has 1 aromatic carbocycles. The number of hydrogen-bond acceptors (Lipinski definition) is 5. The molecule has 2 rings (SSSR count). The fourth-order valence-electron chi connectivity index (χ4n) is 3.00. The number of carbonyl (C=O) groups excluding carboxylic acids is 1. The van der Waals surface area contributed by atoms with E-state index < -0.39 is 15.6 Å². The third-order valence-electron chi connectivity index (χ3n) is 4.48. The molecule has 170 valence electrons. The van der Waals surface area contributed by atoms with Crippen LogP contribution in [0.1, 0.15) is 38.6 Å². The summed E-state index contributed by atoms with van der Waals surface area (Å²) in [6, 6.07) is 6.18. The molecular formula is C22H38N4O3S. The Labute approximate surface area is 182 Å². The zero-order valence-electron chi connectivity index (χ0n) is 19.3. The number of nitrogens with two attached hydrogens (primary N) is 1. The van der Waals surface area contributed by atoms with Gasteiger partial charge in [-0.05, 0) is 64.0 Å². The van der Waals surface area contributed by atoms with Gasteiger partial charge in [-0.2, -0.15) is 0 Å². The van der Waals surface area contributed by atoms with Gasteiger partial charge in [-0.3, -0.25) is 0 Å². The van der Waals surface area contributed by atoms with Gasteiger partial charge in [0.05, 0.1) is 24.2 Å². The third-order valence-corrected chi connectivity index (χ3v) is 5.87. The van der Waals surface area contributed by atoms with Crippen molar-refractivity contribution in [2.45, 2.75) is 52.5 Å². The Kier molecular flexibility index (Phi) is 8.58. The first-order chi connectivity index (χ1) is 14.0. The van der Waals surface area contributed by atoms with Crippen LogP contribution in [0.4, 0.5) is 4.79 Å². The molecule has 0 saturated carbocycles. The van der Waals surface area contributed by atoms with Gasteiger partial charge >= 0.3 is 6.09 Å².